The number of aromatic amines is 1. The highest BCUT2D eigenvalue weighted by atomic mass is 35.5. The van der Waals surface area contributed by atoms with Crippen LogP contribution in [0.1, 0.15) is 40.3 Å². The number of carbonyl (C=O) groups is 1. The fourth-order valence-electron chi connectivity index (χ4n) is 3.90. The molecule has 0 radical (unpaired) electrons. The average Bonchev–Trinajstić information content (AvgIpc) is 3.50. The van der Waals surface area contributed by atoms with Crippen LogP contribution in [-0.2, 0) is 5.60 Å². The van der Waals surface area contributed by atoms with Crippen molar-refractivity contribution in [1.29, 1.82) is 0 Å². The standard InChI is InChI=1S/C22H17ClF3N3O4S/c23-13-1-2-14(24)16(18(13)26)11(7-28-33)5-10-3-4-22(32,6-10)21-27-8-15(29-21)12-9-34-19(17(12)25)20(30)31/h1-2,5,7-9,28,32-33H,3-4,6H2,(H,27,29)(H,30,31)/p+1/b10-5-,11-7+. The molecule has 1 atom stereocenters. The molecule has 1 unspecified atom stereocenters. The molecule has 0 aliphatic heterocycles. The molecule has 3 aromatic rings. The molecule has 0 amide bonds. The lowest BCUT2D eigenvalue weighted by Crippen LogP contribution is -2.73. The number of benzene rings is 1. The van der Waals surface area contributed by atoms with Gasteiger partial charge in [0.2, 0.25) is 0 Å². The first-order valence-electron chi connectivity index (χ1n) is 9.94. The Morgan fingerprint density at radius 3 is 2.74 bits per heavy atom. The largest absolute Gasteiger partial charge is 0.477 e. The van der Waals surface area contributed by atoms with Crippen LogP contribution in [0.15, 0.2) is 41.6 Å². The summed E-state index contributed by atoms with van der Waals surface area (Å²) < 4.78 is 43.2. The first-order chi connectivity index (χ1) is 16.1. The third-order valence-corrected chi connectivity index (χ3v) is 6.79. The highest BCUT2D eigenvalue weighted by Gasteiger charge is 2.39. The Balaban J connectivity index is 1.62. The van der Waals surface area contributed by atoms with Gasteiger partial charge in [0.15, 0.2) is 11.6 Å². The number of nitrogens with two attached hydrogens (primary N) is 1. The van der Waals surface area contributed by atoms with Crippen LogP contribution in [0, 0.1) is 17.5 Å². The van der Waals surface area contributed by atoms with Gasteiger partial charge >= 0.3 is 5.97 Å². The summed E-state index contributed by atoms with van der Waals surface area (Å²) in [4.78, 5) is 17.7. The molecule has 1 fully saturated rings. The SMILES string of the molecule is O=C(O)c1scc(-c2cnc(C3(O)CC/C(=C/C(=C\[NH2+]O)c4c(F)ccc(Cl)c4F)C3)[nH]2)c1F. The molecule has 1 aliphatic rings. The zero-order valence-corrected chi connectivity index (χ0v) is 18.9. The van der Waals surface area contributed by atoms with Gasteiger partial charge in [0.25, 0.3) is 0 Å². The van der Waals surface area contributed by atoms with Crippen molar-refractivity contribution in [2.45, 2.75) is 24.9 Å². The third-order valence-electron chi connectivity index (χ3n) is 5.56. The summed E-state index contributed by atoms with van der Waals surface area (Å²) in [7, 11) is 0. The Labute approximate surface area is 199 Å². The minimum absolute atomic E-state index is 0.0223. The number of aliphatic hydroxyl groups is 1. The number of carboxylic acid groups (broad SMARTS) is 1. The summed E-state index contributed by atoms with van der Waals surface area (Å²) in [6.45, 7) is 0. The molecular weight excluding hydrogens is 495 g/mol. The monoisotopic (exact) mass is 512 g/mol. The van der Waals surface area contributed by atoms with Gasteiger partial charge < -0.3 is 15.2 Å². The number of quaternary nitrogens is 1. The van der Waals surface area contributed by atoms with Crippen LogP contribution in [0.5, 0.6) is 0 Å². The number of nitrogens with one attached hydrogen (secondary N) is 1. The number of H-pyrrole nitrogens is 1. The maximum absolute atomic E-state index is 14.5. The van der Waals surface area contributed by atoms with Crippen LogP contribution >= 0.6 is 22.9 Å². The number of hydroxylamine groups is 1. The topological polar surface area (TPSA) is 123 Å². The molecule has 0 saturated heterocycles. The second-order valence-electron chi connectivity index (χ2n) is 7.74. The minimum atomic E-state index is -1.47. The smallest absolute Gasteiger partial charge is 0.348 e. The summed E-state index contributed by atoms with van der Waals surface area (Å²) in [5.74, 6) is -3.97. The van der Waals surface area contributed by atoms with Gasteiger partial charge in [-0.05, 0) is 31.1 Å². The van der Waals surface area contributed by atoms with E-state index in [1.165, 1.54) is 17.7 Å². The van der Waals surface area contributed by atoms with Gasteiger partial charge in [-0.25, -0.2) is 28.2 Å². The van der Waals surface area contributed by atoms with Crippen molar-refractivity contribution in [3.8, 4) is 11.3 Å². The van der Waals surface area contributed by atoms with Crippen molar-refractivity contribution in [1.82, 2.24) is 9.97 Å². The van der Waals surface area contributed by atoms with Crippen molar-refractivity contribution < 1.29 is 38.9 Å². The van der Waals surface area contributed by atoms with E-state index in [-0.39, 0.29) is 40.5 Å². The van der Waals surface area contributed by atoms with Gasteiger partial charge in [-0.3, -0.25) is 0 Å². The van der Waals surface area contributed by atoms with Gasteiger partial charge in [0, 0.05) is 22.9 Å². The number of rotatable bonds is 6. The number of hydrogen-bond acceptors (Lipinski definition) is 5. The van der Waals surface area contributed by atoms with E-state index in [4.69, 9.17) is 16.7 Å². The van der Waals surface area contributed by atoms with Crippen LogP contribution in [0.4, 0.5) is 13.2 Å². The Kier molecular flexibility index (Phi) is 6.65. The predicted octanol–water partition coefficient (Wildman–Crippen LogP) is 4.20. The van der Waals surface area contributed by atoms with E-state index in [0.717, 1.165) is 29.7 Å². The van der Waals surface area contributed by atoms with Gasteiger partial charge in [0.1, 0.15) is 28.3 Å². The molecule has 0 bridgehead atoms. The zero-order valence-electron chi connectivity index (χ0n) is 17.3. The number of halogens is 4. The molecule has 1 aliphatic carbocycles. The maximum atomic E-state index is 14.5. The first-order valence-corrected chi connectivity index (χ1v) is 11.2. The van der Waals surface area contributed by atoms with Crippen molar-refractivity contribution in [2.75, 3.05) is 0 Å². The average molecular weight is 513 g/mol. The normalized spacial score (nSPS) is 19.8. The molecule has 6 N–H and O–H groups in total. The van der Waals surface area contributed by atoms with Crippen LogP contribution in [-0.4, -0.2) is 31.4 Å². The van der Waals surface area contributed by atoms with Gasteiger partial charge in [0.05, 0.1) is 22.5 Å². The fourth-order valence-corrected chi connectivity index (χ4v) is 4.84. The molecule has 2 heterocycles. The number of aromatic carboxylic acids is 1. The summed E-state index contributed by atoms with van der Waals surface area (Å²) >= 11 is 6.52. The maximum Gasteiger partial charge on any atom is 0.348 e. The van der Waals surface area contributed by atoms with Crippen LogP contribution < -0.4 is 5.48 Å². The molecule has 1 saturated carbocycles. The molecule has 178 valence electrons. The van der Waals surface area contributed by atoms with E-state index in [2.05, 4.69) is 9.97 Å². The third kappa shape index (κ3) is 4.40. The van der Waals surface area contributed by atoms with Crippen molar-refractivity contribution in [3.63, 3.8) is 0 Å². The summed E-state index contributed by atoms with van der Waals surface area (Å²) in [5, 5.41) is 30.5. The van der Waals surface area contributed by atoms with E-state index in [9.17, 15) is 28.3 Å². The van der Waals surface area contributed by atoms with Crippen LogP contribution in [0.25, 0.3) is 16.8 Å². The van der Waals surface area contributed by atoms with Crippen molar-refractivity contribution >= 4 is 34.5 Å². The Bertz CT molecular complexity index is 1340. The fraction of sp³-hybridized carbons (Fsp3) is 0.182. The van der Waals surface area contributed by atoms with E-state index >= 15 is 0 Å². The quantitative estimate of drug-likeness (QED) is 0.250. The Morgan fingerprint density at radius 1 is 1.29 bits per heavy atom. The Hall–Kier alpha value is -2.96. The summed E-state index contributed by atoms with van der Waals surface area (Å²) in [6, 6.07) is 2.10. The van der Waals surface area contributed by atoms with E-state index in [1.54, 1.807) is 0 Å². The lowest BCUT2D eigenvalue weighted by molar-refractivity contribution is -0.837. The highest BCUT2D eigenvalue weighted by Crippen LogP contribution is 2.43. The summed E-state index contributed by atoms with van der Waals surface area (Å²) in [5.41, 5.74) is -0.348. The van der Waals surface area contributed by atoms with E-state index in [1.807, 2.05) is 0 Å². The number of allylic oxidation sites excluding steroid dienone is 2. The molecule has 0 spiro atoms. The predicted molar refractivity (Wildman–Crippen MR) is 118 cm³/mol. The lowest BCUT2D eigenvalue weighted by Gasteiger charge is -2.18. The van der Waals surface area contributed by atoms with E-state index < -0.39 is 39.5 Å². The molecular formula is C22H18ClF3N3O4S+. The van der Waals surface area contributed by atoms with Gasteiger partial charge in [-0.2, -0.15) is 5.48 Å². The Morgan fingerprint density at radius 2 is 2.06 bits per heavy atom. The van der Waals surface area contributed by atoms with Crippen molar-refractivity contribution in [2.24, 2.45) is 0 Å². The number of carboxylic acids is 1. The molecule has 7 nitrogen and oxygen atoms in total. The molecule has 4 rings (SSSR count). The van der Waals surface area contributed by atoms with E-state index in [0.29, 0.717) is 17.5 Å². The highest BCUT2D eigenvalue weighted by molar-refractivity contribution is 7.12. The minimum Gasteiger partial charge on any atom is -0.477 e. The molecule has 1 aromatic carbocycles. The summed E-state index contributed by atoms with van der Waals surface area (Å²) in [6.07, 6.45) is 4.51. The molecule has 2 aromatic heterocycles. The number of aromatic nitrogens is 2. The first kappa shape index (κ1) is 24.2. The zero-order chi connectivity index (χ0) is 24.6. The van der Waals surface area contributed by atoms with Crippen molar-refractivity contribution in [3.05, 3.63) is 80.3 Å². The second kappa shape index (κ2) is 9.35. The van der Waals surface area contributed by atoms with Gasteiger partial charge in [-0.1, -0.05) is 17.2 Å². The lowest BCUT2D eigenvalue weighted by atomic mass is 9.99. The van der Waals surface area contributed by atoms with Gasteiger partial charge in [-0.15, -0.1) is 11.3 Å². The van der Waals surface area contributed by atoms with Crippen LogP contribution in [0.2, 0.25) is 5.02 Å². The number of imidazole rings is 1. The molecule has 12 heteroatoms. The number of thiophene rings is 1. The molecule has 34 heavy (non-hydrogen) atoms. The number of hydrogen-bond donors (Lipinski definition) is 5. The number of nitrogens with zero attached hydrogens (tertiary/aromatic N) is 1. The second-order valence-corrected chi connectivity index (χ2v) is 9.03. The van der Waals surface area contributed by atoms with Crippen LogP contribution in [0.3, 0.4) is 0 Å².